The third-order valence-corrected chi connectivity index (χ3v) is 15.8. The SMILES string of the molecule is CCCCCCCCC/C=C\CCCCCC(=O)OC(COC(=O)CCCCCCCCCCCCCCCC)COP(=O)(O)OC1C(OC2OC(CO)C(O)C(O)C2O)C(O)C(O)C(O)C1OC1OC(CO)C(O)C(O)C1O. The lowest BCUT2D eigenvalue weighted by Gasteiger charge is -2.49. The number of ether oxygens (including phenoxy) is 6. The molecule has 0 bridgehead atoms. The first-order valence-electron chi connectivity index (χ1n) is 29.5. The number of aliphatic hydroxyl groups is 11. The Morgan fingerprint density at radius 3 is 1.25 bits per heavy atom. The summed E-state index contributed by atoms with van der Waals surface area (Å²) in [6, 6.07) is 0. The van der Waals surface area contributed by atoms with E-state index in [9.17, 15) is 75.2 Å². The highest BCUT2D eigenvalue weighted by Crippen LogP contribution is 2.49. The summed E-state index contributed by atoms with van der Waals surface area (Å²) >= 11 is 0. The van der Waals surface area contributed by atoms with E-state index in [1.54, 1.807) is 0 Å². The molecular weight excluding hydrogens is 1060 g/mol. The first kappa shape index (κ1) is 71.5. The normalized spacial score (nSPS) is 31.5. The molecule has 2 aliphatic heterocycles. The average molecular weight is 1160 g/mol. The van der Waals surface area contributed by atoms with Gasteiger partial charge in [-0.1, -0.05) is 154 Å². The molecule has 0 aromatic carbocycles. The van der Waals surface area contributed by atoms with Crippen LogP contribution in [0.1, 0.15) is 194 Å². The predicted molar refractivity (Wildman–Crippen MR) is 287 cm³/mol. The maximum absolute atomic E-state index is 14.0. The molecule has 3 fully saturated rings. The average Bonchev–Trinajstić information content (AvgIpc) is 3.53. The third-order valence-electron chi connectivity index (χ3n) is 14.8. The standard InChI is InChI=1S/C55H101O23P/c1-3-5-7-9-11-13-15-17-19-21-23-25-27-29-31-40(58)71-35-37(73-41(59)32-30-28-26-24-22-20-18-16-14-12-10-8-6-4-2)36-72-79(69,70)78-53-51(76-54-49(67)44(62)42(60)38(33-56)74-54)47(65)46(64)48(66)52(53)77-55-50(68)45(63)43(61)39(34-57)75-55/h20,22,37-39,42-57,60-68H,3-19,21,23-36H2,1-2H3,(H,69,70)/b22-20-. The Morgan fingerprint density at radius 2 is 0.835 bits per heavy atom. The monoisotopic (exact) mass is 1160 g/mol. The molecule has 2 heterocycles. The summed E-state index contributed by atoms with van der Waals surface area (Å²) in [5, 5.41) is 117. The molecule has 0 amide bonds. The van der Waals surface area contributed by atoms with Gasteiger partial charge in [0.15, 0.2) is 18.7 Å². The van der Waals surface area contributed by atoms with Crippen LogP contribution < -0.4 is 0 Å². The third kappa shape index (κ3) is 26.3. The van der Waals surface area contributed by atoms with Crippen molar-refractivity contribution in [1.29, 1.82) is 0 Å². The fraction of sp³-hybridized carbons (Fsp3) is 0.927. The highest BCUT2D eigenvalue weighted by atomic mass is 31.2. The van der Waals surface area contributed by atoms with E-state index in [2.05, 4.69) is 26.0 Å². The molecular formula is C55H101O23P. The molecule has 0 aromatic heterocycles. The van der Waals surface area contributed by atoms with E-state index in [0.29, 0.717) is 19.3 Å². The van der Waals surface area contributed by atoms with Crippen LogP contribution in [0, 0.1) is 0 Å². The smallest absolute Gasteiger partial charge is 0.462 e. The van der Waals surface area contributed by atoms with Crippen molar-refractivity contribution in [1.82, 2.24) is 0 Å². The number of allylic oxidation sites excluding steroid dienone is 2. The van der Waals surface area contributed by atoms with Crippen molar-refractivity contribution in [3.8, 4) is 0 Å². The molecule has 3 aliphatic rings. The highest BCUT2D eigenvalue weighted by Gasteiger charge is 2.58. The Labute approximate surface area is 467 Å². The Kier molecular flexibility index (Phi) is 36.6. The summed E-state index contributed by atoms with van der Waals surface area (Å²) in [7, 11) is -5.64. The first-order chi connectivity index (χ1) is 37.9. The molecule has 23 nitrogen and oxygen atoms in total. The number of carbonyl (C=O) groups is 2. The van der Waals surface area contributed by atoms with Crippen LogP contribution in [0.2, 0.25) is 0 Å². The minimum atomic E-state index is -5.64. The molecule has 1 saturated carbocycles. The lowest BCUT2D eigenvalue weighted by Crippen LogP contribution is -2.69. The Balaban J connectivity index is 1.71. The minimum absolute atomic E-state index is 0.0490. The quantitative estimate of drug-likeness (QED) is 0.0178. The molecule has 24 heteroatoms. The minimum Gasteiger partial charge on any atom is -0.462 e. The van der Waals surface area contributed by atoms with Crippen molar-refractivity contribution in [3.05, 3.63) is 12.2 Å². The van der Waals surface area contributed by atoms with E-state index in [1.165, 1.54) is 96.3 Å². The number of hydrogen-bond acceptors (Lipinski definition) is 22. The van der Waals surface area contributed by atoms with Crippen molar-refractivity contribution >= 4 is 19.8 Å². The van der Waals surface area contributed by atoms with Gasteiger partial charge in [-0.3, -0.25) is 18.6 Å². The van der Waals surface area contributed by atoms with Crippen LogP contribution >= 0.6 is 7.82 Å². The van der Waals surface area contributed by atoms with E-state index < -0.39 is 150 Å². The summed E-state index contributed by atoms with van der Waals surface area (Å²) in [4.78, 5) is 37.5. The van der Waals surface area contributed by atoms with E-state index in [1.807, 2.05) is 0 Å². The molecule has 16 atom stereocenters. The molecule has 0 spiro atoms. The lowest BCUT2D eigenvalue weighted by molar-refractivity contribution is -0.360. The van der Waals surface area contributed by atoms with Gasteiger partial charge in [0.2, 0.25) is 0 Å². The maximum Gasteiger partial charge on any atom is 0.472 e. The van der Waals surface area contributed by atoms with Gasteiger partial charge < -0.3 is 89.5 Å². The number of phosphoric acid groups is 1. The Hall–Kier alpha value is -1.81. The number of phosphoric ester groups is 1. The van der Waals surface area contributed by atoms with Crippen molar-refractivity contribution < 1.29 is 113 Å². The molecule has 0 radical (unpaired) electrons. The fourth-order valence-electron chi connectivity index (χ4n) is 9.88. The zero-order chi connectivity index (χ0) is 58.2. The number of aliphatic hydroxyl groups excluding tert-OH is 11. The van der Waals surface area contributed by atoms with Crippen molar-refractivity contribution in [3.63, 3.8) is 0 Å². The van der Waals surface area contributed by atoms with Gasteiger partial charge in [-0.05, 0) is 38.5 Å². The second kappa shape index (κ2) is 40.5. The van der Waals surface area contributed by atoms with Gasteiger partial charge in [0.05, 0.1) is 19.8 Å². The van der Waals surface area contributed by atoms with Crippen molar-refractivity contribution in [2.45, 2.75) is 298 Å². The van der Waals surface area contributed by atoms with Gasteiger partial charge in [0, 0.05) is 12.8 Å². The Morgan fingerprint density at radius 1 is 0.468 bits per heavy atom. The lowest BCUT2D eigenvalue weighted by atomic mass is 9.84. The van der Waals surface area contributed by atoms with Crippen molar-refractivity contribution in [2.24, 2.45) is 0 Å². The number of unbranched alkanes of at least 4 members (excludes halogenated alkanes) is 23. The Bertz CT molecular complexity index is 1630. The maximum atomic E-state index is 14.0. The summed E-state index contributed by atoms with van der Waals surface area (Å²) in [5.74, 6) is -1.35. The van der Waals surface area contributed by atoms with E-state index in [-0.39, 0.29) is 12.8 Å². The number of carbonyl (C=O) groups excluding carboxylic acids is 2. The second-order valence-corrected chi connectivity index (χ2v) is 22.9. The van der Waals surface area contributed by atoms with Gasteiger partial charge in [-0.25, -0.2) is 4.57 Å². The van der Waals surface area contributed by atoms with Gasteiger partial charge >= 0.3 is 19.8 Å². The van der Waals surface area contributed by atoms with Crippen LogP contribution in [0.15, 0.2) is 12.2 Å². The number of rotatable bonds is 43. The van der Waals surface area contributed by atoms with E-state index in [4.69, 9.17) is 37.5 Å². The number of esters is 2. The van der Waals surface area contributed by atoms with Crippen LogP contribution in [0.5, 0.6) is 0 Å². The van der Waals surface area contributed by atoms with Gasteiger partial charge in [0.1, 0.15) is 92.1 Å². The van der Waals surface area contributed by atoms with Crippen LogP contribution in [-0.4, -0.2) is 204 Å². The molecule has 3 rings (SSSR count). The topological polar surface area (TPSA) is 368 Å². The zero-order valence-electron chi connectivity index (χ0n) is 46.9. The molecule has 2 saturated heterocycles. The van der Waals surface area contributed by atoms with Gasteiger partial charge in [-0.15, -0.1) is 0 Å². The summed E-state index contributed by atoms with van der Waals surface area (Å²) in [6.07, 6.45) is -2.29. The molecule has 16 unspecified atom stereocenters. The predicted octanol–water partition coefficient (Wildman–Crippen LogP) is 3.93. The second-order valence-electron chi connectivity index (χ2n) is 21.5. The molecule has 1 aliphatic carbocycles. The van der Waals surface area contributed by atoms with E-state index >= 15 is 0 Å². The summed E-state index contributed by atoms with van der Waals surface area (Å²) in [6.45, 7) is 0.993. The van der Waals surface area contributed by atoms with Gasteiger partial charge in [-0.2, -0.15) is 0 Å². The summed E-state index contributed by atoms with van der Waals surface area (Å²) < 4.78 is 58.1. The molecule has 79 heavy (non-hydrogen) atoms. The van der Waals surface area contributed by atoms with Crippen LogP contribution in [0.25, 0.3) is 0 Å². The fourth-order valence-corrected chi connectivity index (χ4v) is 10.8. The zero-order valence-corrected chi connectivity index (χ0v) is 47.8. The van der Waals surface area contributed by atoms with E-state index in [0.717, 1.165) is 51.4 Å². The largest absolute Gasteiger partial charge is 0.472 e. The summed E-state index contributed by atoms with van der Waals surface area (Å²) in [5.41, 5.74) is 0. The number of hydrogen-bond donors (Lipinski definition) is 12. The molecule has 12 N–H and O–H groups in total. The van der Waals surface area contributed by atoms with Crippen LogP contribution in [-0.2, 0) is 51.6 Å². The van der Waals surface area contributed by atoms with Crippen LogP contribution in [0.3, 0.4) is 0 Å². The molecule has 0 aromatic rings. The molecule has 464 valence electrons. The van der Waals surface area contributed by atoms with Gasteiger partial charge in [0.25, 0.3) is 0 Å². The van der Waals surface area contributed by atoms with Crippen molar-refractivity contribution in [2.75, 3.05) is 26.4 Å². The first-order valence-corrected chi connectivity index (χ1v) is 31.0. The highest BCUT2D eigenvalue weighted by molar-refractivity contribution is 7.47. The van der Waals surface area contributed by atoms with Crippen LogP contribution in [0.4, 0.5) is 0 Å².